The van der Waals surface area contributed by atoms with E-state index < -0.39 is 17.9 Å². The lowest BCUT2D eigenvalue weighted by molar-refractivity contribution is -0.147. The van der Waals surface area contributed by atoms with Crippen molar-refractivity contribution < 1.29 is 19.1 Å². The van der Waals surface area contributed by atoms with Crippen LogP contribution in [-0.4, -0.2) is 11.9 Å². The molecule has 0 aromatic heterocycles. The van der Waals surface area contributed by atoms with Gasteiger partial charge in [0.1, 0.15) is 11.5 Å². The summed E-state index contributed by atoms with van der Waals surface area (Å²) in [6.07, 6.45) is 0. The van der Waals surface area contributed by atoms with Crippen molar-refractivity contribution in [2.24, 2.45) is 0 Å². The van der Waals surface area contributed by atoms with E-state index in [1.807, 2.05) is 18.2 Å². The second-order valence-corrected chi connectivity index (χ2v) is 5.31. The van der Waals surface area contributed by atoms with Gasteiger partial charge in [0.15, 0.2) is 5.92 Å². The molecule has 0 saturated carbocycles. The van der Waals surface area contributed by atoms with Gasteiger partial charge in [0.25, 0.3) is 0 Å². The minimum absolute atomic E-state index is 0.376. The Hall–Kier alpha value is -3.40. The Bertz CT molecular complexity index is 776. The summed E-state index contributed by atoms with van der Waals surface area (Å²) in [6.45, 7) is 0. The Kier molecular flexibility index (Phi) is 5.22. The molecule has 4 heteroatoms. The molecule has 0 spiro atoms. The van der Waals surface area contributed by atoms with E-state index in [0.29, 0.717) is 17.1 Å². The van der Waals surface area contributed by atoms with Crippen LogP contribution in [0.15, 0.2) is 91.0 Å². The van der Waals surface area contributed by atoms with E-state index in [4.69, 9.17) is 9.47 Å². The molecule has 3 aromatic rings. The summed E-state index contributed by atoms with van der Waals surface area (Å²) >= 11 is 0. The SMILES string of the molecule is O=C(Oc1ccccc1)C(C(=O)Oc1ccccc1)c1ccccc1. The van der Waals surface area contributed by atoms with E-state index in [-0.39, 0.29) is 0 Å². The van der Waals surface area contributed by atoms with Gasteiger partial charge in [0, 0.05) is 0 Å². The van der Waals surface area contributed by atoms with E-state index in [1.54, 1.807) is 72.8 Å². The van der Waals surface area contributed by atoms with Gasteiger partial charge in [-0.25, -0.2) is 0 Å². The van der Waals surface area contributed by atoms with Crippen LogP contribution in [0, 0.1) is 0 Å². The predicted octanol–water partition coefficient (Wildman–Crippen LogP) is 3.98. The second kappa shape index (κ2) is 7.93. The van der Waals surface area contributed by atoms with Gasteiger partial charge >= 0.3 is 11.9 Å². The van der Waals surface area contributed by atoms with Crippen molar-refractivity contribution in [3.63, 3.8) is 0 Å². The number of para-hydroxylation sites is 2. The normalized spacial score (nSPS) is 10.3. The van der Waals surface area contributed by atoms with Gasteiger partial charge in [-0.3, -0.25) is 9.59 Å². The molecule has 0 bridgehead atoms. The fourth-order valence-corrected chi connectivity index (χ4v) is 2.34. The summed E-state index contributed by atoms with van der Waals surface area (Å²) < 4.78 is 10.7. The average Bonchev–Trinajstić information content (AvgIpc) is 2.64. The smallest absolute Gasteiger partial charge is 0.330 e. The van der Waals surface area contributed by atoms with E-state index >= 15 is 0 Å². The third-order valence-electron chi connectivity index (χ3n) is 3.53. The van der Waals surface area contributed by atoms with Crippen molar-refractivity contribution >= 4 is 11.9 Å². The van der Waals surface area contributed by atoms with Gasteiger partial charge in [-0.05, 0) is 29.8 Å². The Morgan fingerprint density at radius 1 is 0.560 bits per heavy atom. The fourth-order valence-electron chi connectivity index (χ4n) is 2.34. The van der Waals surface area contributed by atoms with Crippen molar-refractivity contribution in [1.82, 2.24) is 0 Å². The van der Waals surface area contributed by atoms with Crippen molar-refractivity contribution in [2.45, 2.75) is 5.92 Å². The van der Waals surface area contributed by atoms with Crippen LogP contribution in [0.1, 0.15) is 11.5 Å². The van der Waals surface area contributed by atoms with Crippen molar-refractivity contribution in [1.29, 1.82) is 0 Å². The van der Waals surface area contributed by atoms with Crippen LogP contribution in [0.3, 0.4) is 0 Å². The summed E-state index contributed by atoms with van der Waals surface area (Å²) in [5.41, 5.74) is 0.518. The number of esters is 2. The largest absolute Gasteiger partial charge is 0.426 e. The lowest BCUT2D eigenvalue weighted by Crippen LogP contribution is -2.29. The Morgan fingerprint density at radius 2 is 0.920 bits per heavy atom. The maximum Gasteiger partial charge on any atom is 0.330 e. The minimum atomic E-state index is -1.17. The Labute approximate surface area is 145 Å². The molecular formula is C21H16O4. The zero-order valence-electron chi connectivity index (χ0n) is 13.4. The lowest BCUT2D eigenvalue weighted by atomic mass is 9.99. The van der Waals surface area contributed by atoms with Crippen LogP contribution in [0.5, 0.6) is 11.5 Å². The summed E-state index contributed by atoms with van der Waals surface area (Å²) in [4.78, 5) is 25.2. The first kappa shape index (κ1) is 16.5. The maximum absolute atomic E-state index is 12.6. The zero-order valence-corrected chi connectivity index (χ0v) is 13.4. The van der Waals surface area contributed by atoms with Gasteiger partial charge < -0.3 is 9.47 Å². The van der Waals surface area contributed by atoms with Crippen LogP contribution < -0.4 is 9.47 Å². The standard InChI is InChI=1S/C21H16O4/c22-20(24-17-12-6-2-7-13-17)19(16-10-4-1-5-11-16)21(23)25-18-14-8-3-9-15-18/h1-15,19H. The maximum atomic E-state index is 12.6. The number of rotatable bonds is 5. The first-order valence-corrected chi connectivity index (χ1v) is 7.82. The van der Waals surface area contributed by atoms with Gasteiger partial charge in [-0.15, -0.1) is 0 Å². The number of hydrogen-bond acceptors (Lipinski definition) is 4. The molecule has 3 aromatic carbocycles. The molecule has 124 valence electrons. The topological polar surface area (TPSA) is 52.6 Å². The second-order valence-electron chi connectivity index (χ2n) is 5.31. The van der Waals surface area contributed by atoms with Crippen LogP contribution in [0.2, 0.25) is 0 Å². The molecule has 0 heterocycles. The van der Waals surface area contributed by atoms with Crippen molar-refractivity contribution in [3.05, 3.63) is 96.6 Å². The molecule has 0 fully saturated rings. The first-order chi connectivity index (χ1) is 12.2. The number of ether oxygens (including phenoxy) is 2. The van der Waals surface area contributed by atoms with Gasteiger partial charge in [-0.1, -0.05) is 66.7 Å². The van der Waals surface area contributed by atoms with Crippen molar-refractivity contribution in [3.8, 4) is 11.5 Å². The summed E-state index contributed by atoms with van der Waals surface area (Å²) in [5.74, 6) is -1.78. The number of benzene rings is 3. The number of carbonyl (C=O) groups is 2. The zero-order chi connectivity index (χ0) is 17.5. The molecule has 3 rings (SSSR count). The van der Waals surface area contributed by atoms with E-state index in [2.05, 4.69) is 0 Å². The van der Waals surface area contributed by atoms with Crippen molar-refractivity contribution in [2.75, 3.05) is 0 Å². The fraction of sp³-hybridized carbons (Fsp3) is 0.0476. The third kappa shape index (κ3) is 4.32. The molecule has 0 aliphatic heterocycles. The van der Waals surface area contributed by atoms with Gasteiger partial charge in [0.05, 0.1) is 0 Å². The van der Waals surface area contributed by atoms with E-state index in [1.165, 1.54) is 0 Å². The molecule has 25 heavy (non-hydrogen) atoms. The lowest BCUT2D eigenvalue weighted by Gasteiger charge is -2.15. The van der Waals surface area contributed by atoms with Crippen LogP contribution in [0.25, 0.3) is 0 Å². The molecule has 0 radical (unpaired) electrons. The molecule has 0 aliphatic carbocycles. The third-order valence-corrected chi connectivity index (χ3v) is 3.53. The molecule has 0 N–H and O–H groups in total. The quantitative estimate of drug-likeness (QED) is 0.403. The summed E-state index contributed by atoms with van der Waals surface area (Å²) in [7, 11) is 0. The van der Waals surface area contributed by atoms with Gasteiger partial charge in [0.2, 0.25) is 0 Å². The highest BCUT2D eigenvalue weighted by Gasteiger charge is 2.32. The van der Waals surface area contributed by atoms with E-state index in [9.17, 15) is 9.59 Å². The first-order valence-electron chi connectivity index (χ1n) is 7.82. The molecular weight excluding hydrogens is 316 g/mol. The molecule has 0 saturated heterocycles. The summed E-state index contributed by atoms with van der Waals surface area (Å²) in [6, 6.07) is 26.0. The average molecular weight is 332 g/mol. The molecule has 0 unspecified atom stereocenters. The Balaban J connectivity index is 1.85. The molecule has 4 nitrogen and oxygen atoms in total. The Morgan fingerprint density at radius 3 is 1.32 bits per heavy atom. The number of carbonyl (C=O) groups excluding carboxylic acids is 2. The highest BCUT2D eigenvalue weighted by molar-refractivity contribution is 6.02. The highest BCUT2D eigenvalue weighted by Crippen LogP contribution is 2.22. The molecule has 0 amide bonds. The number of hydrogen-bond donors (Lipinski definition) is 0. The monoisotopic (exact) mass is 332 g/mol. The predicted molar refractivity (Wildman–Crippen MR) is 93.3 cm³/mol. The van der Waals surface area contributed by atoms with Gasteiger partial charge in [-0.2, -0.15) is 0 Å². The van der Waals surface area contributed by atoms with E-state index in [0.717, 1.165) is 0 Å². The van der Waals surface area contributed by atoms with Crippen LogP contribution in [0.4, 0.5) is 0 Å². The highest BCUT2D eigenvalue weighted by atomic mass is 16.6. The van der Waals surface area contributed by atoms with Crippen LogP contribution >= 0.6 is 0 Å². The molecule has 0 atom stereocenters. The summed E-state index contributed by atoms with van der Waals surface area (Å²) in [5, 5.41) is 0. The van der Waals surface area contributed by atoms with Crippen LogP contribution in [-0.2, 0) is 9.59 Å². The molecule has 0 aliphatic rings. The minimum Gasteiger partial charge on any atom is -0.426 e.